The van der Waals surface area contributed by atoms with Crippen molar-refractivity contribution in [1.82, 2.24) is 5.32 Å². The van der Waals surface area contributed by atoms with Gasteiger partial charge in [0.2, 0.25) is 0 Å². The summed E-state index contributed by atoms with van der Waals surface area (Å²) >= 11 is 0. The Kier molecular flexibility index (Phi) is 5.64. The van der Waals surface area contributed by atoms with Crippen molar-refractivity contribution in [2.45, 2.75) is 19.4 Å². The van der Waals surface area contributed by atoms with Gasteiger partial charge in [0.05, 0.1) is 0 Å². The molecule has 18 heavy (non-hydrogen) atoms. The van der Waals surface area contributed by atoms with Crippen LogP contribution in [-0.2, 0) is 10.8 Å². The van der Waals surface area contributed by atoms with Crippen molar-refractivity contribution in [3.05, 3.63) is 24.3 Å². The van der Waals surface area contributed by atoms with Gasteiger partial charge in [-0.25, -0.2) is 4.79 Å². The first-order valence-electron chi connectivity index (χ1n) is 5.70. The molecule has 0 aromatic heterocycles. The SMILES string of the molecule is CC(CCS(C)=O)NC(=O)Nc1ccc(N)cc1. The van der Waals surface area contributed by atoms with Crippen LogP contribution in [0, 0.1) is 0 Å². The second-order valence-corrected chi connectivity index (χ2v) is 5.74. The fourth-order valence-electron chi connectivity index (χ4n) is 1.37. The highest BCUT2D eigenvalue weighted by Crippen LogP contribution is 2.10. The number of rotatable bonds is 5. The van der Waals surface area contributed by atoms with Crippen LogP contribution >= 0.6 is 0 Å². The van der Waals surface area contributed by atoms with E-state index in [0.717, 1.165) is 0 Å². The van der Waals surface area contributed by atoms with Crippen LogP contribution in [0.3, 0.4) is 0 Å². The lowest BCUT2D eigenvalue weighted by Gasteiger charge is -2.14. The highest BCUT2D eigenvalue weighted by Gasteiger charge is 2.07. The molecule has 0 saturated carbocycles. The number of nitrogens with two attached hydrogens (primary N) is 1. The van der Waals surface area contributed by atoms with E-state index in [9.17, 15) is 9.00 Å². The zero-order valence-electron chi connectivity index (χ0n) is 10.6. The van der Waals surface area contributed by atoms with Crippen molar-refractivity contribution in [1.29, 1.82) is 0 Å². The number of carbonyl (C=O) groups excluding carboxylic acids is 1. The molecular formula is C12H19N3O2S. The van der Waals surface area contributed by atoms with E-state index in [1.807, 2.05) is 6.92 Å². The van der Waals surface area contributed by atoms with E-state index in [1.54, 1.807) is 30.5 Å². The molecule has 2 unspecified atom stereocenters. The Bertz CT molecular complexity index is 420. The Morgan fingerprint density at radius 2 is 2.00 bits per heavy atom. The van der Waals surface area contributed by atoms with Gasteiger partial charge in [0.25, 0.3) is 0 Å². The minimum Gasteiger partial charge on any atom is -0.399 e. The molecule has 0 aliphatic heterocycles. The second-order valence-electron chi connectivity index (χ2n) is 4.19. The molecule has 1 aromatic rings. The van der Waals surface area contributed by atoms with Crippen LogP contribution in [0.1, 0.15) is 13.3 Å². The third-order valence-corrected chi connectivity index (χ3v) is 3.19. The minimum atomic E-state index is -0.827. The second kappa shape index (κ2) is 7.00. The summed E-state index contributed by atoms with van der Waals surface area (Å²) in [5.41, 5.74) is 6.89. The number of carbonyl (C=O) groups is 1. The molecule has 1 rings (SSSR count). The highest BCUT2D eigenvalue weighted by molar-refractivity contribution is 7.84. The Balaban J connectivity index is 2.37. The zero-order valence-corrected chi connectivity index (χ0v) is 11.4. The van der Waals surface area contributed by atoms with Crippen molar-refractivity contribution in [2.75, 3.05) is 23.1 Å². The third kappa shape index (κ3) is 5.67. The summed E-state index contributed by atoms with van der Waals surface area (Å²) in [5.74, 6) is 0.587. The van der Waals surface area contributed by atoms with Crippen LogP contribution in [0.15, 0.2) is 24.3 Å². The van der Waals surface area contributed by atoms with Crippen LogP contribution in [-0.4, -0.2) is 28.3 Å². The number of nitrogens with one attached hydrogen (secondary N) is 2. The average Bonchev–Trinajstić information content (AvgIpc) is 2.29. The van der Waals surface area contributed by atoms with Crippen molar-refractivity contribution in [3.63, 3.8) is 0 Å². The molecular weight excluding hydrogens is 250 g/mol. The summed E-state index contributed by atoms with van der Waals surface area (Å²) in [5, 5.41) is 5.49. The summed E-state index contributed by atoms with van der Waals surface area (Å²) in [7, 11) is -0.827. The number of urea groups is 1. The van der Waals surface area contributed by atoms with Crippen LogP contribution in [0.5, 0.6) is 0 Å². The first-order chi connectivity index (χ1) is 8.47. The van der Waals surface area contributed by atoms with Gasteiger partial charge in [-0.15, -0.1) is 0 Å². The standard InChI is InChI=1S/C12H19N3O2S/c1-9(7-8-18(2)17)14-12(16)15-11-5-3-10(13)4-6-11/h3-6,9H,7-8,13H2,1-2H3,(H2,14,15,16). The molecule has 100 valence electrons. The Hall–Kier alpha value is -1.56. The number of hydrogen-bond donors (Lipinski definition) is 3. The highest BCUT2D eigenvalue weighted by atomic mass is 32.2. The van der Waals surface area contributed by atoms with Crippen molar-refractivity contribution in [3.8, 4) is 0 Å². The minimum absolute atomic E-state index is 0.0114. The van der Waals surface area contributed by atoms with E-state index in [2.05, 4.69) is 10.6 Å². The van der Waals surface area contributed by atoms with Gasteiger partial charge < -0.3 is 16.4 Å². The molecule has 0 heterocycles. The van der Waals surface area contributed by atoms with Crippen LogP contribution in [0.4, 0.5) is 16.2 Å². The summed E-state index contributed by atoms with van der Waals surface area (Å²) in [6.45, 7) is 1.88. The van der Waals surface area contributed by atoms with E-state index in [-0.39, 0.29) is 12.1 Å². The molecule has 1 aromatic carbocycles. The maximum absolute atomic E-state index is 11.6. The predicted octanol–water partition coefficient (Wildman–Crippen LogP) is 1.55. The molecule has 5 nitrogen and oxygen atoms in total. The van der Waals surface area contributed by atoms with Crippen LogP contribution < -0.4 is 16.4 Å². The van der Waals surface area contributed by atoms with Gasteiger partial charge in [-0.3, -0.25) is 4.21 Å². The quantitative estimate of drug-likeness (QED) is 0.709. The summed E-state index contributed by atoms with van der Waals surface area (Å²) < 4.78 is 10.9. The van der Waals surface area contributed by atoms with Crippen LogP contribution in [0.2, 0.25) is 0 Å². The van der Waals surface area contributed by atoms with Gasteiger partial charge in [-0.2, -0.15) is 0 Å². The average molecular weight is 269 g/mol. The number of amides is 2. The van der Waals surface area contributed by atoms with E-state index >= 15 is 0 Å². The van der Waals surface area contributed by atoms with Gasteiger partial charge in [-0.1, -0.05) is 0 Å². The van der Waals surface area contributed by atoms with E-state index in [1.165, 1.54) is 0 Å². The summed E-state index contributed by atoms with van der Waals surface area (Å²) in [6, 6.07) is 6.64. The number of nitrogen functional groups attached to an aromatic ring is 1. The molecule has 0 aliphatic carbocycles. The van der Waals surface area contributed by atoms with Crippen molar-refractivity contribution >= 4 is 28.2 Å². The Morgan fingerprint density at radius 3 is 2.56 bits per heavy atom. The zero-order chi connectivity index (χ0) is 13.5. The fourth-order valence-corrected chi connectivity index (χ4v) is 2.06. The summed E-state index contributed by atoms with van der Waals surface area (Å²) in [4.78, 5) is 11.6. The molecule has 2 amide bonds. The fraction of sp³-hybridized carbons (Fsp3) is 0.417. The van der Waals surface area contributed by atoms with Crippen molar-refractivity contribution in [2.24, 2.45) is 0 Å². The molecule has 6 heteroatoms. The number of benzene rings is 1. The largest absolute Gasteiger partial charge is 0.399 e. The topological polar surface area (TPSA) is 84.2 Å². The normalized spacial score (nSPS) is 13.7. The van der Waals surface area contributed by atoms with Gasteiger partial charge in [0.1, 0.15) is 0 Å². The molecule has 2 atom stereocenters. The summed E-state index contributed by atoms with van der Waals surface area (Å²) in [6.07, 6.45) is 2.35. The van der Waals surface area contributed by atoms with E-state index < -0.39 is 10.8 Å². The molecule has 0 fully saturated rings. The number of anilines is 2. The van der Waals surface area contributed by atoms with Gasteiger partial charge in [0, 0.05) is 40.2 Å². The van der Waals surface area contributed by atoms with Gasteiger partial charge in [0.15, 0.2) is 0 Å². The van der Waals surface area contributed by atoms with E-state index in [4.69, 9.17) is 5.73 Å². The van der Waals surface area contributed by atoms with Crippen molar-refractivity contribution < 1.29 is 9.00 Å². The number of hydrogen-bond acceptors (Lipinski definition) is 3. The lowest BCUT2D eigenvalue weighted by Crippen LogP contribution is -2.36. The lowest BCUT2D eigenvalue weighted by atomic mass is 10.2. The molecule has 0 spiro atoms. The van der Waals surface area contributed by atoms with E-state index in [0.29, 0.717) is 23.5 Å². The Labute approximate surface area is 110 Å². The molecule has 0 radical (unpaired) electrons. The molecule has 0 bridgehead atoms. The molecule has 4 N–H and O–H groups in total. The monoisotopic (exact) mass is 269 g/mol. The third-order valence-electron chi connectivity index (χ3n) is 2.38. The molecule has 0 saturated heterocycles. The van der Waals surface area contributed by atoms with Gasteiger partial charge in [-0.05, 0) is 37.6 Å². The first-order valence-corrected chi connectivity index (χ1v) is 7.43. The smallest absolute Gasteiger partial charge is 0.319 e. The first kappa shape index (κ1) is 14.5. The van der Waals surface area contributed by atoms with Gasteiger partial charge >= 0.3 is 6.03 Å². The maximum atomic E-state index is 11.6. The molecule has 0 aliphatic rings. The lowest BCUT2D eigenvalue weighted by molar-refractivity contribution is 0.249. The van der Waals surface area contributed by atoms with Crippen LogP contribution in [0.25, 0.3) is 0 Å². The predicted molar refractivity (Wildman–Crippen MR) is 76.0 cm³/mol. The Morgan fingerprint density at radius 1 is 1.39 bits per heavy atom. The maximum Gasteiger partial charge on any atom is 0.319 e.